The van der Waals surface area contributed by atoms with Crippen LogP contribution in [0.5, 0.6) is 0 Å². The van der Waals surface area contributed by atoms with Gasteiger partial charge in [0.05, 0.1) is 6.04 Å². The van der Waals surface area contributed by atoms with Crippen molar-refractivity contribution in [1.29, 1.82) is 0 Å². The Morgan fingerprint density at radius 2 is 1.64 bits per heavy atom. The van der Waals surface area contributed by atoms with Crippen LogP contribution < -0.4 is 5.32 Å². The molecule has 2 atom stereocenters. The maximum atomic E-state index is 5.62. The number of hydrogen-bond donors (Lipinski definition) is 1. The molecule has 0 aromatic heterocycles. The van der Waals surface area contributed by atoms with Gasteiger partial charge in [0.2, 0.25) is 0 Å². The minimum atomic E-state index is 0.362. The van der Waals surface area contributed by atoms with E-state index in [1.807, 2.05) is 0 Å². The van der Waals surface area contributed by atoms with E-state index in [1.165, 1.54) is 51.4 Å². The smallest absolute Gasteiger partial charge is 0.257 e. The highest BCUT2D eigenvalue weighted by Gasteiger charge is 2.30. The molecular formula is C11H19NOS. The van der Waals surface area contributed by atoms with E-state index in [2.05, 4.69) is 5.32 Å². The van der Waals surface area contributed by atoms with Crippen LogP contribution in [0.25, 0.3) is 0 Å². The van der Waals surface area contributed by atoms with Crippen molar-refractivity contribution < 1.29 is 4.74 Å². The van der Waals surface area contributed by atoms with E-state index in [9.17, 15) is 0 Å². The minimum absolute atomic E-state index is 0.362. The van der Waals surface area contributed by atoms with Gasteiger partial charge < -0.3 is 10.1 Å². The Hall–Kier alpha value is -0.310. The van der Waals surface area contributed by atoms with E-state index in [-0.39, 0.29) is 0 Å². The molecule has 1 aliphatic heterocycles. The topological polar surface area (TPSA) is 21.3 Å². The first-order valence-electron chi connectivity index (χ1n) is 5.83. The summed E-state index contributed by atoms with van der Waals surface area (Å²) in [5, 5.41) is 3.91. The van der Waals surface area contributed by atoms with Crippen LogP contribution in [0.4, 0.5) is 0 Å². The average Bonchev–Trinajstić information content (AvgIpc) is 2.52. The van der Waals surface area contributed by atoms with Crippen molar-refractivity contribution in [3.05, 3.63) is 0 Å². The summed E-state index contributed by atoms with van der Waals surface area (Å²) in [6, 6.07) is 0.501. The van der Waals surface area contributed by atoms with E-state index in [4.69, 9.17) is 17.0 Å². The molecule has 80 valence electrons. The van der Waals surface area contributed by atoms with E-state index in [0.29, 0.717) is 17.3 Å². The molecule has 14 heavy (non-hydrogen) atoms. The molecule has 3 heteroatoms. The Labute approximate surface area is 91.4 Å². The van der Waals surface area contributed by atoms with Gasteiger partial charge in [-0.1, -0.05) is 32.1 Å². The Morgan fingerprint density at radius 3 is 2.43 bits per heavy atom. The average molecular weight is 213 g/mol. The van der Waals surface area contributed by atoms with E-state index in [1.54, 1.807) is 0 Å². The maximum Gasteiger partial charge on any atom is 0.257 e. The van der Waals surface area contributed by atoms with Crippen molar-refractivity contribution in [1.82, 2.24) is 5.32 Å². The third kappa shape index (κ3) is 2.59. The predicted octanol–water partition coefficient (Wildman–Crippen LogP) is 2.76. The standard InChI is InChI=1S/C11H19NOS/c14-11-12-9-7-5-3-1-2-4-6-8-10(9)13-11/h9-10H,1-8H2,(H,12,14). The van der Waals surface area contributed by atoms with Crippen molar-refractivity contribution >= 4 is 17.4 Å². The monoisotopic (exact) mass is 213 g/mol. The van der Waals surface area contributed by atoms with Gasteiger partial charge in [-0.05, 0) is 31.5 Å². The predicted molar refractivity (Wildman–Crippen MR) is 61.3 cm³/mol. The second kappa shape index (κ2) is 4.96. The maximum absolute atomic E-state index is 5.62. The highest BCUT2D eigenvalue weighted by atomic mass is 32.1. The molecule has 0 spiro atoms. The van der Waals surface area contributed by atoms with Gasteiger partial charge in [0.1, 0.15) is 6.10 Å². The molecule has 1 saturated heterocycles. The summed E-state index contributed by atoms with van der Waals surface area (Å²) in [6.07, 6.45) is 10.9. The van der Waals surface area contributed by atoms with Crippen molar-refractivity contribution in [2.24, 2.45) is 0 Å². The van der Waals surface area contributed by atoms with E-state index in [0.717, 1.165) is 0 Å². The van der Waals surface area contributed by atoms with Gasteiger partial charge in [0, 0.05) is 0 Å². The van der Waals surface area contributed by atoms with Crippen LogP contribution in [0.1, 0.15) is 51.4 Å². The van der Waals surface area contributed by atoms with Gasteiger partial charge in [0.25, 0.3) is 5.17 Å². The summed E-state index contributed by atoms with van der Waals surface area (Å²) >= 11 is 5.06. The molecule has 2 unspecified atom stereocenters. The highest BCUT2D eigenvalue weighted by Crippen LogP contribution is 2.23. The minimum Gasteiger partial charge on any atom is -0.466 e. The number of ether oxygens (including phenoxy) is 1. The third-order valence-electron chi connectivity index (χ3n) is 3.26. The molecule has 2 nitrogen and oxygen atoms in total. The van der Waals surface area contributed by atoms with Crippen LogP contribution in [-0.4, -0.2) is 17.3 Å². The highest BCUT2D eigenvalue weighted by molar-refractivity contribution is 7.80. The molecule has 1 aliphatic carbocycles. The van der Waals surface area contributed by atoms with Crippen LogP contribution in [-0.2, 0) is 4.74 Å². The van der Waals surface area contributed by atoms with Crippen LogP contribution in [0.15, 0.2) is 0 Å². The lowest BCUT2D eigenvalue weighted by molar-refractivity contribution is 0.179. The quantitative estimate of drug-likeness (QED) is 0.625. The van der Waals surface area contributed by atoms with Crippen molar-refractivity contribution in [2.75, 3.05) is 0 Å². The van der Waals surface area contributed by atoms with E-state index < -0.39 is 0 Å². The molecule has 0 aromatic carbocycles. The molecule has 0 aromatic rings. The molecule has 1 N–H and O–H groups in total. The summed E-state index contributed by atoms with van der Waals surface area (Å²) in [5.74, 6) is 0. The number of rotatable bonds is 0. The zero-order valence-corrected chi connectivity index (χ0v) is 9.44. The lowest BCUT2D eigenvalue weighted by Crippen LogP contribution is -2.31. The zero-order valence-electron chi connectivity index (χ0n) is 8.63. The second-order valence-corrected chi connectivity index (χ2v) is 4.76. The number of nitrogens with one attached hydrogen (secondary N) is 1. The van der Waals surface area contributed by atoms with Crippen molar-refractivity contribution in [3.8, 4) is 0 Å². The number of fused-ring (bicyclic) bond motifs is 1. The number of thiocarbonyl (C=S) groups is 1. The van der Waals surface area contributed by atoms with Gasteiger partial charge in [-0.15, -0.1) is 0 Å². The summed E-state index contributed by atoms with van der Waals surface area (Å²) < 4.78 is 5.62. The number of hydrogen-bond acceptors (Lipinski definition) is 2. The Morgan fingerprint density at radius 1 is 1.00 bits per heavy atom. The van der Waals surface area contributed by atoms with Gasteiger partial charge in [-0.3, -0.25) is 0 Å². The van der Waals surface area contributed by atoms with Gasteiger partial charge in [-0.2, -0.15) is 0 Å². The summed E-state index contributed by atoms with van der Waals surface area (Å²) in [7, 11) is 0. The Bertz CT molecular complexity index is 187. The van der Waals surface area contributed by atoms with Gasteiger partial charge in [0.15, 0.2) is 0 Å². The Balaban J connectivity index is 1.89. The SMILES string of the molecule is S=C1NC2CCCCCCCCC2O1. The molecule has 0 bridgehead atoms. The van der Waals surface area contributed by atoms with Crippen LogP contribution >= 0.6 is 12.2 Å². The van der Waals surface area contributed by atoms with E-state index >= 15 is 0 Å². The third-order valence-corrected chi connectivity index (χ3v) is 3.48. The second-order valence-electron chi connectivity index (χ2n) is 4.39. The first kappa shape index (κ1) is 10.2. The van der Waals surface area contributed by atoms with Gasteiger partial charge >= 0.3 is 0 Å². The first-order chi connectivity index (χ1) is 6.86. The molecule has 2 aliphatic rings. The lowest BCUT2D eigenvalue weighted by atomic mass is 9.96. The fourth-order valence-corrected chi connectivity index (χ4v) is 2.71. The van der Waals surface area contributed by atoms with Gasteiger partial charge in [-0.25, -0.2) is 0 Å². The fourth-order valence-electron chi connectivity index (χ4n) is 2.43. The summed E-state index contributed by atoms with van der Waals surface area (Å²) in [4.78, 5) is 0. The van der Waals surface area contributed by atoms with Crippen LogP contribution in [0.2, 0.25) is 0 Å². The fraction of sp³-hybridized carbons (Fsp3) is 0.909. The molecule has 0 radical (unpaired) electrons. The lowest BCUT2D eigenvalue weighted by Gasteiger charge is -2.18. The molecule has 2 rings (SSSR count). The molecule has 2 fully saturated rings. The van der Waals surface area contributed by atoms with Crippen LogP contribution in [0, 0.1) is 0 Å². The first-order valence-corrected chi connectivity index (χ1v) is 6.24. The van der Waals surface area contributed by atoms with Crippen LogP contribution in [0.3, 0.4) is 0 Å². The Kier molecular flexibility index (Phi) is 3.62. The van der Waals surface area contributed by atoms with Crippen molar-refractivity contribution in [3.63, 3.8) is 0 Å². The molecule has 0 amide bonds. The summed E-state index contributed by atoms with van der Waals surface area (Å²) in [5.41, 5.74) is 0. The normalized spacial score (nSPS) is 34.1. The molecule has 1 saturated carbocycles. The largest absolute Gasteiger partial charge is 0.466 e. The summed E-state index contributed by atoms with van der Waals surface area (Å²) in [6.45, 7) is 0. The molecular weight excluding hydrogens is 194 g/mol. The zero-order chi connectivity index (χ0) is 9.80. The van der Waals surface area contributed by atoms with Crippen molar-refractivity contribution in [2.45, 2.75) is 63.5 Å². The molecule has 1 heterocycles.